The first-order valence-electron chi connectivity index (χ1n) is 2.80. The molecule has 0 aromatic heterocycles. The van der Waals surface area contributed by atoms with E-state index in [1.807, 2.05) is 20.8 Å². The van der Waals surface area contributed by atoms with Crippen LogP contribution in [0.1, 0.15) is 27.7 Å². The van der Waals surface area contributed by atoms with E-state index in [-0.39, 0.29) is 5.60 Å². The van der Waals surface area contributed by atoms with Gasteiger partial charge in [-0.05, 0) is 27.7 Å². The zero-order valence-corrected chi connectivity index (χ0v) is 6.99. The van der Waals surface area contributed by atoms with Crippen molar-refractivity contribution < 1.29 is 4.84 Å². The molecular formula is C6H12ClNO. The minimum Gasteiger partial charge on any atom is -0.389 e. The number of hydrogen-bond acceptors (Lipinski definition) is 2. The molecule has 0 N–H and O–H groups in total. The molecule has 0 heterocycles. The van der Waals surface area contributed by atoms with Gasteiger partial charge in [0.1, 0.15) is 10.8 Å². The van der Waals surface area contributed by atoms with Gasteiger partial charge in [-0.25, -0.2) is 0 Å². The SMILES string of the molecule is CC(Cl)=NOC(C)(C)C. The van der Waals surface area contributed by atoms with Gasteiger partial charge in [0.05, 0.1) is 0 Å². The minimum atomic E-state index is -0.240. The maximum Gasteiger partial charge on any atom is 0.142 e. The van der Waals surface area contributed by atoms with E-state index in [0.29, 0.717) is 5.17 Å². The van der Waals surface area contributed by atoms with E-state index in [2.05, 4.69) is 5.16 Å². The van der Waals surface area contributed by atoms with Gasteiger partial charge in [0.15, 0.2) is 0 Å². The monoisotopic (exact) mass is 149 g/mol. The van der Waals surface area contributed by atoms with Crippen molar-refractivity contribution in [3.63, 3.8) is 0 Å². The molecule has 0 aromatic carbocycles. The highest BCUT2D eigenvalue weighted by Crippen LogP contribution is 2.07. The molecule has 0 unspecified atom stereocenters. The van der Waals surface area contributed by atoms with E-state index < -0.39 is 0 Å². The van der Waals surface area contributed by atoms with Crippen LogP contribution in [0.3, 0.4) is 0 Å². The van der Waals surface area contributed by atoms with Crippen LogP contribution in [0.15, 0.2) is 5.16 Å². The van der Waals surface area contributed by atoms with Crippen LogP contribution >= 0.6 is 11.6 Å². The number of oxime groups is 1. The lowest BCUT2D eigenvalue weighted by Gasteiger charge is -2.14. The van der Waals surface area contributed by atoms with Gasteiger partial charge in [-0.1, -0.05) is 16.8 Å². The standard InChI is InChI=1S/C6H12ClNO/c1-5(7)8-9-6(2,3)4/h1-4H3. The predicted molar refractivity (Wildman–Crippen MR) is 39.8 cm³/mol. The quantitative estimate of drug-likeness (QED) is 0.414. The molecule has 0 atom stereocenters. The Labute approximate surface area is 60.8 Å². The Bertz CT molecular complexity index is 111. The summed E-state index contributed by atoms with van der Waals surface area (Å²) in [6, 6.07) is 0. The van der Waals surface area contributed by atoms with Crippen molar-refractivity contribution in [2.45, 2.75) is 33.3 Å². The summed E-state index contributed by atoms with van der Waals surface area (Å²) in [5.41, 5.74) is -0.240. The van der Waals surface area contributed by atoms with Crippen LogP contribution in [0.5, 0.6) is 0 Å². The van der Waals surface area contributed by atoms with Crippen LogP contribution in [-0.2, 0) is 4.84 Å². The molecule has 0 rings (SSSR count). The molecule has 0 fully saturated rings. The zero-order chi connectivity index (χ0) is 7.49. The van der Waals surface area contributed by atoms with E-state index in [4.69, 9.17) is 16.4 Å². The van der Waals surface area contributed by atoms with Gasteiger partial charge in [0.2, 0.25) is 0 Å². The highest BCUT2D eigenvalue weighted by Gasteiger charge is 2.09. The molecule has 0 aliphatic rings. The molecule has 0 bridgehead atoms. The van der Waals surface area contributed by atoms with E-state index in [0.717, 1.165) is 0 Å². The lowest BCUT2D eigenvalue weighted by Crippen LogP contribution is -2.15. The summed E-state index contributed by atoms with van der Waals surface area (Å²) in [6.45, 7) is 7.41. The Morgan fingerprint density at radius 2 is 1.89 bits per heavy atom. The molecule has 0 saturated carbocycles. The van der Waals surface area contributed by atoms with Crippen molar-refractivity contribution in [1.29, 1.82) is 0 Å². The Morgan fingerprint density at radius 1 is 1.44 bits per heavy atom. The second kappa shape index (κ2) is 3.06. The van der Waals surface area contributed by atoms with Crippen molar-refractivity contribution >= 4 is 16.8 Å². The van der Waals surface area contributed by atoms with Gasteiger partial charge in [-0.15, -0.1) is 0 Å². The van der Waals surface area contributed by atoms with Crippen molar-refractivity contribution in [3.8, 4) is 0 Å². The summed E-state index contributed by atoms with van der Waals surface area (Å²) in [5, 5.41) is 4.00. The highest BCUT2D eigenvalue weighted by molar-refractivity contribution is 6.64. The van der Waals surface area contributed by atoms with E-state index in [9.17, 15) is 0 Å². The molecule has 2 nitrogen and oxygen atoms in total. The lowest BCUT2D eigenvalue weighted by molar-refractivity contribution is 0.00137. The Balaban J connectivity index is 3.64. The van der Waals surface area contributed by atoms with Crippen molar-refractivity contribution in [1.82, 2.24) is 0 Å². The fourth-order valence-corrected chi connectivity index (χ4v) is 0.234. The fraction of sp³-hybridized carbons (Fsp3) is 0.833. The first kappa shape index (κ1) is 8.76. The molecule has 0 saturated heterocycles. The third-order valence-electron chi connectivity index (χ3n) is 0.445. The molecule has 9 heavy (non-hydrogen) atoms. The average Bonchev–Trinajstić information content (AvgIpc) is 1.59. The van der Waals surface area contributed by atoms with Crippen molar-refractivity contribution in [2.24, 2.45) is 5.16 Å². The first-order valence-corrected chi connectivity index (χ1v) is 3.18. The molecule has 0 aliphatic heterocycles. The highest BCUT2D eigenvalue weighted by atomic mass is 35.5. The maximum atomic E-state index is 5.41. The summed E-state index contributed by atoms with van der Waals surface area (Å²) in [6.07, 6.45) is 0. The van der Waals surface area contributed by atoms with Gasteiger partial charge in [0, 0.05) is 0 Å². The van der Waals surface area contributed by atoms with Crippen LogP contribution in [0, 0.1) is 0 Å². The molecule has 54 valence electrons. The van der Waals surface area contributed by atoms with Crippen molar-refractivity contribution in [2.75, 3.05) is 0 Å². The predicted octanol–water partition coefficient (Wildman–Crippen LogP) is 2.37. The van der Waals surface area contributed by atoms with Crippen LogP contribution in [0.2, 0.25) is 0 Å². The van der Waals surface area contributed by atoms with Gasteiger partial charge in [-0.2, -0.15) is 0 Å². The first-order chi connectivity index (χ1) is 3.92. The number of rotatable bonds is 1. The van der Waals surface area contributed by atoms with Crippen molar-refractivity contribution in [3.05, 3.63) is 0 Å². The normalized spacial score (nSPS) is 13.7. The summed E-state index contributed by atoms with van der Waals surface area (Å²) in [5.74, 6) is 0. The fourth-order valence-electron chi connectivity index (χ4n) is 0.200. The third kappa shape index (κ3) is 7.76. The third-order valence-corrected chi connectivity index (χ3v) is 0.514. The van der Waals surface area contributed by atoms with Gasteiger partial charge in [-0.3, -0.25) is 0 Å². The molecule has 0 amide bonds. The Kier molecular flexibility index (Phi) is 2.98. The lowest BCUT2D eigenvalue weighted by atomic mass is 10.2. The van der Waals surface area contributed by atoms with Crippen LogP contribution in [0.4, 0.5) is 0 Å². The van der Waals surface area contributed by atoms with Crippen LogP contribution < -0.4 is 0 Å². The molecule has 3 heteroatoms. The number of nitrogens with zero attached hydrogens (tertiary/aromatic N) is 1. The van der Waals surface area contributed by atoms with E-state index in [1.54, 1.807) is 6.92 Å². The summed E-state index contributed by atoms with van der Waals surface area (Å²) in [7, 11) is 0. The smallest absolute Gasteiger partial charge is 0.142 e. The Hall–Kier alpha value is -0.240. The second-order valence-corrected chi connectivity index (χ2v) is 3.34. The Morgan fingerprint density at radius 3 is 2.00 bits per heavy atom. The molecule has 0 aliphatic carbocycles. The average molecular weight is 150 g/mol. The van der Waals surface area contributed by atoms with E-state index in [1.165, 1.54) is 0 Å². The molecule has 0 radical (unpaired) electrons. The van der Waals surface area contributed by atoms with Gasteiger partial charge in [0.25, 0.3) is 0 Å². The topological polar surface area (TPSA) is 21.6 Å². The van der Waals surface area contributed by atoms with Gasteiger partial charge >= 0.3 is 0 Å². The zero-order valence-electron chi connectivity index (χ0n) is 6.23. The molecule has 0 spiro atoms. The van der Waals surface area contributed by atoms with Crippen LogP contribution in [0.25, 0.3) is 0 Å². The number of hydrogen-bond donors (Lipinski definition) is 0. The molecular weight excluding hydrogens is 138 g/mol. The summed E-state index contributed by atoms with van der Waals surface area (Å²) in [4.78, 5) is 4.95. The summed E-state index contributed by atoms with van der Waals surface area (Å²) < 4.78 is 0. The maximum absolute atomic E-state index is 5.41. The van der Waals surface area contributed by atoms with E-state index >= 15 is 0 Å². The second-order valence-electron chi connectivity index (χ2n) is 2.79. The van der Waals surface area contributed by atoms with Gasteiger partial charge < -0.3 is 4.84 Å². The largest absolute Gasteiger partial charge is 0.389 e. The summed E-state index contributed by atoms with van der Waals surface area (Å²) >= 11 is 5.41. The molecule has 0 aromatic rings. The minimum absolute atomic E-state index is 0.240. The van der Waals surface area contributed by atoms with Crippen LogP contribution in [-0.4, -0.2) is 10.8 Å². The number of halogens is 1.